The van der Waals surface area contributed by atoms with Gasteiger partial charge in [-0.25, -0.2) is 20.2 Å². The monoisotopic (exact) mass is 495 g/mol. The van der Waals surface area contributed by atoms with Crippen LogP contribution in [0, 0.1) is 5.82 Å². The van der Waals surface area contributed by atoms with Gasteiger partial charge in [-0.2, -0.15) is 0 Å². The average molecular weight is 496 g/mol. The number of carbonyl (C=O) groups is 2. The largest absolute Gasteiger partial charge is 0.399 e. The summed E-state index contributed by atoms with van der Waals surface area (Å²) < 4.78 is 14.7. The number of rotatable bonds is 5. The molecule has 13 heteroatoms. The summed E-state index contributed by atoms with van der Waals surface area (Å²) in [6.07, 6.45) is 2.29. The lowest BCUT2D eigenvalue weighted by Crippen LogP contribution is -2.57. The van der Waals surface area contributed by atoms with Crippen LogP contribution in [-0.4, -0.2) is 76.4 Å². The van der Waals surface area contributed by atoms with E-state index >= 15 is 0 Å². The zero-order valence-electron chi connectivity index (χ0n) is 19.8. The Labute approximate surface area is 205 Å². The van der Waals surface area contributed by atoms with Crippen molar-refractivity contribution in [2.45, 2.75) is 6.92 Å². The van der Waals surface area contributed by atoms with E-state index in [1.807, 2.05) is 35.2 Å². The van der Waals surface area contributed by atoms with Gasteiger partial charge in [0.1, 0.15) is 18.5 Å². The summed E-state index contributed by atoms with van der Waals surface area (Å²) in [5.74, 6) is 9.82. The highest BCUT2D eigenvalue weighted by molar-refractivity contribution is 6.45. The molecule has 0 radical (unpaired) electrons. The predicted molar refractivity (Wildman–Crippen MR) is 132 cm³/mol. The molecule has 0 spiro atoms. The fourth-order valence-electron chi connectivity index (χ4n) is 4.11. The number of amides is 1. The number of halogens is 1. The number of para-hydroxylation sites is 1. The number of fused-ring (bicyclic) bond motifs is 1. The standard InChI is InChI=1S/C23H26FN9O3/c1-14(30-36-2)19-20-18(17(24)13-28-19)16(12-27-20)21(34)22(35)31-8-10-32(11-9-31)23(29-25)33(26)15-6-4-3-5-7-15/h3-7,12-13,27H,8-11,25-26H2,1-2H3/b29-23-,30-14+. The Kier molecular flexibility index (Phi) is 7.10. The minimum absolute atomic E-state index is 0.0261. The molecular weight excluding hydrogens is 469 g/mol. The number of nitrogens with one attached hydrogen (secondary N) is 1. The van der Waals surface area contributed by atoms with Gasteiger partial charge >= 0.3 is 0 Å². The van der Waals surface area contributed by atoms with Crippen molar-refractivity contribution >= 4 is 40.0 Å². The molecule has 1 amide bonds. The number of nitrogens with zero attached hydrogens (tertiary/aromatic N) is 6. The van der Waals surface area contributed by atoms with Crippen LogP contribution < -0.4 is 16.7 Å². The number of hydrazine groups is 1. The van der Waals surface area contributed by atoms with E-state index in [-0.39, 0.29) is 29.6 Å². The number of hydrogen-bond donors (Lipinski definition) is 3. The molecule has 0 unspecified atom stereocenters. The maximum atomic E-state index is 14.7. The summed E-state index contributed by atoms with van der Waals surface area (Å²) in [7, 11) is 1.38. The first-order valence-electron chi connectivity index (χ1n) is 11.1. The number of carbonyl (C=O) groups excluding carboxylic acids is 2. The summed E-state index contributed by atoms with van der Waals surface area (Å²) in [5.41, 5.74) is 1.56. The van der Waals surface area contributed by atoms with Crippen LogP contribution >= 0.6 is 0 Å². The van der Waals surface area contributed by atoms with Gasteiger partial charge in [0.15, 0.2) is 5.82 Å². The van der Waals surface area contributed by atoms with Gasteiger partial charge < -0.3 is 25.5 Å². The number of anilines is 1. The number of guanidine groups is 1. The molecule has 1 aliphatic heterocycles. The Hall–Kier alpha value is -4.52. The van der Waals surface area contributed by atoms with Crippen molar-refractivity contribution in [3.8, 4) is 0 Å². The molecule has 0 aliphatic carbocycles. The summed E-state index contributed by atoms with van der Waals surface area (Å²) in [5, 5.41) is 8.96. The normalized spacial score (nSPS) is 14.8. The van der Waals surface area contributed by atoms with Crippen molar-refractivity contribution in [2.24, 2.45) is 21.9 Å². The molecule has 1 aromatic carbocycles. The molecule has 4 rings (SSSR count). The van der Waals surface area contributed by atoms with Gasteiger partial charge in [0.25, 0.3) is 11.7 Å². The molecule has 0 bridgehead atoms. The molecule has 0 saturated carbocycles. The first-order valence-corrected chi connectivity index (χ1v) is 11.1. The number of H-pyrrole nitrogens is 1. The number of piperazine rings is 1. The fourth-order valence-corrected chi connectivity index (χ4v) is 4.11. The topological polar surface area (TPSA) is 159 Å². The summed E-state index contributed by atoms with van der Waals surface area (Å²) in [4.78, 5) is 41.0. The highest BCUT2D eigenvalue weighted by atomic mass is 19.1. The van der Waals surface area contributed by atoms with Crippen molar-refractivity contribution in [1.82, 2.24) is 19.8 Å². The third-order valence-electron chi connectivity index (χ3n) is 5.89. The van der Waals surface area contributed by atoms with Gasteiger partial charge in [0, 0.05) is 32.4 Å². The third kappa shape index (κ3) is 4.55. The molecule has 12 nitrogen and oxygen atoms in total. The number of pyridine rings is 1. The van der Waals surface area contributed by atoms with Gasteiger partial charge in [-0.05, 0) is 19.1 Å². The van der Waals surface area contributed by atoms with E-state index < -0.39 is 17.5 Å². The first kappa shape index (κ1) is 24.6. The smallest absolute Gasteiger partial charge is 0.295 e. The van der Waals surface area contributed by atoms with Crippen LogP contribution in [0.5, 0.6) is 0 Å². The Balaban J connectivity index is 1.49. The van der Waals surface area contributed by atoms with E-state index in [1.54, 1.807) is 6.92 Å². The van der Waals surface area contributed by atoms with Crippen LogP contribution in [-0.2, 0) is 9.63 Å². The van der Waals surface area contributed by atoms with E-state index in [0.717, 1.165) is 6.20 Å². The molecule has 188 valence electrons. The molecule has 36 heavy (non-hydrogen) atoms. The van der Waals surface area contributed by atoms with Gasteiger partial charge in [-0.3, -0.25) is 9.59 Å². The lowest BCUT2D eigenvalue weighted by molar-refractivity contribution is -0.127. The molecule has 1 saturated heterocycles. The zero-order chi connectivity index (χ0) is 25.8. The molecule has 3 heterocycles. The maximum absolute atomic E-state index is 14.7. The highest BCUT2D eigenvalue weighted by Gasteiger charge is 2.31. The molecule has 3 aromatic rings. The van der Waals surface area contributed by atoms with Crippen LogP contribution in [0.25, 0.3) is 10.9 Å². The third-order valence-corrected chi connectivity index (χ3v) is 5.89. The van der Waals surface area contributed by atoms with Gasteiger partial charge in [-0.15, -0.1) is 5.10 Å². The number of oxime groups is 1. The van der Waals surface area contributed by atoms with Crippen molar-refractivity contribution in [1.29, 1.82) is 0 Å². The minimum atomic E-state index is -0.829. The molecule has 2 aromatic heterocycles. The van der Waals surface area contributed by atoms with Crippen molar-refractivity contribution in [2.75, 3.05) is 38.3 Å². The number of aromatic nitrogens is 2. The number of nitrogens with two attached hydrogens (primary N) is 2. The number of hydrogen-bond acceptors (Lipinski definition) is 8. The van der Waals surface area contributed by atoms with Gasteiger partial charge in [-0.1, -0.05) is 23.4 Å². The lowest BCUT2D eigenvalue weighted by atomic mass is 10.1. The summed E-state index contributed by atoms with van der Waals surface area (Å²) in [6, 6.07) is 9.16. The molecule has 5 N–H and O–H groups in total. The molecule has 1 fully saturated rings. The van der Waals surface area contributed by atoms with Crippen molar-refractivity contribution in [3.05, 3.63) is 59.8 Å². The number of aromatic amines is 1. The maximum Gasteiger partial charge on any atom is 0.295 e. The van der Waals surface area contributed by atoms with E-state index in [0.29, 0.717) is 36.1 Å². The van der Waals surface area contributed by atoms with Gasteiger partial charge in [0.2, 0.25) is 5.96 Å². The van der Waals surface area contributed by atoms with E-state index in [9.17, 15) is 14.0 Å². The number of hydrazone groups is 1. The lowest BCUT2D eigenvalue weighted by Gasteiger charge is -2.38. The molecule has 0 atom stereocenters. The van der Waals surface area contributed by atoms with Crippen LogP contribution in [0.1, 0.15) is 23.0 Å². The Morgan fingerprint density at radius 1 is 1.17 bits per heavy atom. The Morgan fingerprint density at radius 2 is 1.83 bits per heavy atom. The number of benzene rings is 1. The van der Waals surface area contributed by atoms with E-state index in [2.05, 4.69) is 20.2 Å². The molecule has 1 aliphatic rings. The van der Waals surface area contributed by atoms with Crippen LogP contribution in [0.15, 0.2) is 53.0 Å². The van der Waals surface area contributed by atoms with Crippen LogP contribution in [0.3, 0.4) is 0 Å². The minimum Gasteiger partial charge on any atom is -0.399 e. The Morgan fingerprint density at radius 3 is 2.47 bits per heavy atom. The number of Topliss-reactive ketones (excluding diaryl/α,β-unsaturated/α-hetero) is 1. The molecular formula is C23H26FN9O3. The number of ketones is 1. The van der Waals surface area contributed by atoms with Crippen LogP contribution in [0.4, 0.5) is 10.1 Å². The quantitative estimate of drug-likeness (QED) is 0.118. The highest BCUT2D eigenvalue weighted by Crippen LogP contribution is 2.25. The second kappa shape index (κ2) is 10.4. The second-order valence-corrected chi connectivity index (χ2v) is 8.01. The summed E-state index contributed by atoms with van der Waals surface area (Å²) >= 11 is 0. The van der Waals surface area contributed by atoms with Crippen molar-refractivity contribution < 1.29 is 18.8 Å². The first-order chi connectivity index (χ1) is 17.4. The second-order valence-electron chi connectivity index (χ2n) is 8.01. The van der Waals surface area contributed by atoms with Crippen molar-refractivity contribution in [3.63, 3.8) is 0 Å². The van der Waals surface area contributed by atoms with Crippen LogP contribution in [0.2, 0.25) is 0 Å². The predicted octanol–water partition coefficient (Wildman–Crippen LogP) is 1.01. The Bertz CT molecular complexity index is 1330. The van der Waals surface area contributed by atoms with E-state index in [4.69, 9.17) is 16.5 Å². The summed E-state index contributed by atoms with van der Waals surface area (Å²) in [6.45, 7) is 2.78. The van der Waals surface area contributed by atoms with Gasteiger partial charge in [0.05, 0.1) is 28.4 Å². The zero-order valence-corrected chi connectivity index (χ0v) is 19.8. The SMILES string of the molecule is CO/N=C(\C)c1ncc(F)c2c(C(=O)C(=O)N3CCN(/C(=N/N)N(N)c4ccccc4)CC3)c[nH]c12. The average Bonchev–Trinajstić information content (AvgIpc) is 3.35. The van der Waals surface area contributed by atoms with E-state index in [1.165, 1.54) is 23.2 Å². The fraction of sp³-hybridized carbons (Fsp3) is 0.261.